The van der Waals surface area contributed by atoms with Crippen molar-refractivity contribution >= 4 is 15.9 Å². The van der Waals surface area contributed by atoms with E-state index in [0.29, 0.717) is 12.8 Å². The van der Waals surface area contributed by atoms with Gasteiger partial charge in [0.25, 0.3) is 0 Å². The lowest BCUT2D eigenvalue weighted by molar-refractivity contribution is -0.123. The van der Waals surface area contributed by atoms with Crippen molar-refractivity contribution in [2.75, 3.05) is 0 Å². The highest BCUT2D eigenvalue weighted by molar-refractivity contribution is 7.89. The third-order valence-electron chi connectivity index (χ3n) is 3.75. The van der Waals surface area contributed by atoms with Gasteiger partial charge in [0.05, 0.1) is 12.3 Å². The van der Waals surface area contributed by atoms with Crippen LogP contribution in [0.5, 0.6) is 0 Å². The van der Waals surface area contributed by atoms with Crippen molar-refractivity contribution in [3.8, 4) is 0 Å². The van der Waals surface area contributed by atoms with Crippen LogP contribution in [0.3, 0.4) is 0 Å². The van der Waals surface area contributed by atoms with Gasteiger partial charge in [0.2, 0.25) is 15.9 Å². The standard InChI is InChI=1S/C16H23N3O5S/c1-10(7-8-14-6-5-9-23-14)17-16(20)12(3)19-25(21,22)15-11(2)18-24-13(15)4/h5-6,9-10,12,19H,7-8H2,1-4H3,(H,17,20)/t10?,12-/m0/s1. The van der Waals surface area contributed by atoms with E-state index in [4.69, 9.17) is 8.94 Å². The van der Waals surface area contributed by atoms with E-state index in [-0.39, 0.29) is 22.4 Å². The molecule has 0 aliphatic carbocycles. The Morgan fingerprint density at radius 2 is 2.04 bits per heavy atom. The van der Waals surface area contributed by atoms with Crippen molar-refractivity contribution in [2.24, 2.45) is 0 Å². The molecule has 2 rings (SSSR count). The molecule has 138 valence electrons. The summed E-state index contributed by atoms with van der Waals surface area (Å²) in [6.45, 7) is 6.39. The molecule has 2 atom stereocenters. The first-order valence-corrected chi connectivity index (χ1v) is 9.47. The number of carbonyl (C=O) groups excluding carboxylic acids is 1. The molecular weight excluding hydrogens is 346 g/mol. The van der Waals surface area contributed by atoms with E-state index < -0.39 is 22.0 Å². The molecule has 2 aromatic heterocycles. The largest absolute Gasteiger partial charge is 0.469 e. The van der Waals surface area contributed by atoms with Gasteiger partial charge < -0.3 is 14.3 Å². The number of amides is 1. The normalized spacial score (nSPS) is 14.2. The fourth-order valence-electron chi connectivity index (χ4n) is 2.46. The van der Waals surface area contributed by atoms with Crippen LogP contribution in [0.25, 0.3) is 0 Å². The highest BCUT2D eigenvalue weighted by Crippen LogP contribution is 2.18. The van der Waals surface area contributed by atoms with Crippen molar-refractivity contribution in [3.05, 3.63) is 35.6 Å². The van der Waals surface area contributed by atoms with Gasteiger partial charge in [-0.3, -0.25) is 4.79 Å². The van der Waals surface area contributed by atoms with Gasteiger partial charge in [-0.1, -0.05) is 5.16 Å². The molecule has 0 aliphatic rings. The van der Waals surface area contributed by atoms with E-state index in [2.05, 4.69) is 15.2 Å². The molecule has 0 radical (unpaired) electrons. The van der Waals surface area contributed by atoms with E-state index in [1.54, 1.807) is 6.26 Å². The average molecular weight is 369 g/mol. The van der Waals surface area contributed by atoms with Crippen LogP contribution < -0.4 is 10.0 Å². The number of aromatic nitrogens is 1. The van der Waals surface area contributed by atoms with E-state index in [1.807, 2.05) is 19.1 Å². The maximum absolute atomic E-state index is 12.4. The summed E-state index contributed by atoms with van der Waals surface area (Å²) in [7, 11) is -3.89. The van der Waals surface area contributed by atoms with Gasteiger partial charge >= 0.3 is 0 Å². The number of carbonyl (C=O) groups is 1. The quantitative estimate of drug-likeness (QED) is 0.732. The minimum atomic E-state index is -3.89. The number of hydrogen-bond donors (Lipinski definition) is 2. The molecule has 1 amide bonds. The molecule has 2 aromatic rings. The fraction of sp³-hybridized carbons (Fsp3) is 0.500. The number of aryl methyl sites for hydroxylation is 3. The Morgan fingerprint density at radius 1 is 1.32 bits per heavy atom. The zero-order valence-corrected chi connectivity index (χ0v) is 15.5. The first-order chi connectivity index (χ1) is 11.7. The van der Waals surface area contributed by atoms with Gasteiger partial charge in [-0.05, 0) is 46.2 Å². The Kier molecular flexibility index (Phi) is 6.02. The van der Waals surface area contributed by atoms with Crippen LogP contribution in [0.4, 0.5) is 0 Å². The van der Waals surface area contributed by atoms with Crippen LogP contribution in [-0.4, -0.2) is 31.6 Å². The van der Waals surface area contributed by atoms with Crippen LogP contribution >= 0.6 is 0 Å². The van der Waals surface area contributed by atoms with Gasteiger partial charge in [0.15, 0.2) is 5.76 Å². The number of nitrogens with zero attached hydrogens (tertiary/aromatic N) is 1. The molecule has 1 unspecified atom stereocenters. The Morgan fingerprint density at radius 3 is 2.60 bits per heavy atom. The third-order valence-corrected chi connectivity index (χ3v) is 5.54. The molecule has 0 aliphatic heterocycles. The summed E-state index contributed by atoms with van der Waals surface area (Å²) in [5, 5.41) is 6.42. The summed E-state index contributed by atoms with van der Waals surface area (Å²) in [6.07, 6.45) is 2.97. The molecule has 0 bridgehead atoms. The van der Waals surface area contributed by atoms with E-state index in [1.165, 1.54) is 20.8 Å². The number of sulfonamides is 1. The first-order valence-electron chi connectivity index (χ1n) is 7.98. The van der Waals surface area contributed by atoms with Gasteiger partial charge in [0, 0.05) is 12.5 Å². The van der Waals surface area contributed by atoms with Crippen molar-refractivity contribution in [1.29, 1.82) is 0 Å². The molecule has 25 heavy (non-hydrogen) atoms. The van der Waals surface area contributed by atoms with Crippen molar-refractivity contribution in [1.82, 2.24) is 15.2 Å². The summed E-state index contributed by atoms with van der Waals surface area (Å²) in [4.78, 5) is 12.2. The minimum absolute atomic E-state index is 0.0296. The van der Waals surface area contributed by atoms with Gasteiger partial charge in [0.1, 0.15) is 16.3 Å². The molecule has 0 saturated carbocycles. The number of hydrogen-bond acceptors (Lipinski definition) is 6. The lowest BCUT2D eigenvalue weighted by atomic mass is 10.1. The predicted octanol–water partition coefficient (Wildman–Crippen LogP) is 1.69. The van der Waals surface area contributed by atoms with Crippen LogP contribution in [-0.2, 0) is 21.2 Å². The second-order valence-electron chi connectivity index (χ2n) is 6.02. The monoisotopic (exact) mass is 369 g/mol. The molecular formula is C16H23N3O5S. The van der Waals surface area contributed by atoms with Gasteiger partial charge in [-0.25, -0.2) is 8.42 Å². The van der Waals surface area contributed by atoms with Crippen LogP contribution in [0.2, 0.25) is 0 Å². The maximum Gasteiger partial charge on any atom is 0.246 e. The molecule has 0 aromatic carbocycles. The molecule has 8 nitrogen and oxygen atoms in total. The second kappa shape index (κ2) is 7.83. The summed E-state index contributed by atoms with van der Waals surface area (Å²) >= 11 is 0. The van der Waals surface area contributed by atoms with Crippen molar-refractivity contribution < 1.29 is 22.2 Å². The summed E-state index contributed by atoms with van der Waals surface area (Å²) < 4.78 is 37.3. The lowest BCUT2D eigenvalue weighted by Gasteiger charge is -2.18. The van der Waals surface area contributed by atoms with Gasteiger partial charge in [-0.15, -0.1) is 0 Å². The lowest BCUT2D eigenvalue weighted by Crippen LogP contribution is -2.47. The topological polar surface area (TPSA) is 114 Å². The molecule has 2 heterocycles. The summed E-state index contributed by atoms with van der Waals surface area (Å²) in [6, 6.07) is 2.63. The molecule has 0 saturated heterocycles. The van der Waals surface area contributed by atoms with E-state index in [0.717, 1.165) is 5.76 Å². The summed E-state index contributed by atoms with van der Waals surface area (Å²) in [5.74, 6) is 0.625. The van der Waals surface area contributed by atoms with E-state index >= 15 is 0 Å². The SMILES string of the molecule is Cc1noc(C)c1S(=O)(=O)N[C@@H](C)C(=O)NC(C)CCc1ccco1. The highest BCUT2D eigenvalue weighted by atomic mass is 32.2. The Balaban J connectivity index is 1.91. The fourth-order valence-corrected chi connectivity index (χ4v) is 3.99. The van der Waals surface area contributed by atoms with Crippen molar-refractivity contribution in [3.63, 3.8) is 0 Å². The first kappa shape index (κ1) is 19.2. The predicted molar refractivity (Wildman–Crippen MR) is 90.4 cm³/mol. The minimum Gasteiger partial charge on any atom is -0.469 e. The maximum atomic E-state index is 12.4. The van der Waals surface area contributed by atoms with Crippen LogP contribution in [0.15, 0.2) is 32.2 Å². The zero-order chi connectivity index (χ0) is 18.6. The number of nitrogens with one attached hydrogen (secondary N) is 2. The van der Waals surface area contributed by atoms with Gasteiger partial charge in [-0.2, -0.15) is 4.72 Å². The Labute approximate surface area is 147 Å². The molecule has 2 N–H and O–H groups in total. The smallest absolute Gasteiger partial charge is 0.246 e. The van der Waals surface area contributed by atoms with E-state index in [9.17, 15) is 13.2 Å². The number of rotatable bonds is 8. The average Bonchev–Trinajstić information content (AvgIpc) is 3.14. The Bertz CT molecular complexity index is 791. The Hall–Kier alpha value is -2.13. The van der Waals surface area contributed by atoms with Crippen molar-refractivity contribution in [2.45, 2.75) is 57.5 Å². The highest BCUT2D eigenvalue weighted by Gasteiger charge is 2.28. The third kappa shape index (κ3) is 4.93. The zero-order valence-electron chi connectivity index (χ0n) is 14.7. The molecule has 9 heteroatoms. The van der Waals surface area contributed by atoms with Crippen LogP contribution in [0, 0.1) is 13.8 Å². The number of furan rings is 1. The molecule has 0 fully saturated rings. The summed E-state index contributed by atoms with van der Waals surface area (Å²) in [5.41, 5.74) is 0.254. The second-order valence-corrected chi connectivity index (χ2v) is 7.67. The molecule has 0 spiro atoms. The van der Waals surface area contributed by atoms with Crippen LogP contribution in [0.1, 0.15) is 37.5 Å².